The Balaban J connectivity index is -0.000000663. The van der Waals surface area contributed by atoms with Gasteiger partial charge in [0.2, 0.25) is 0 Å². The molecule has 0 saturated heterocycles. The molecule has 0 heterocycles. The van der Waals surface area contributed by atoms with Gasteiger partial charge in [0, 0.05) is 26.9 Å². The zero-order valence-corrected chi connectivity index (χ0v) is 32.8. The predicted octanol–water partition coefficient (Wildman–Crippen LogP) is 11.3. The highest BCUT2D eigenvalue weighted by Gasteiger charge is 2.04. The first-order chi connectivity index (χ1) is 24.4. The lowest BCUT2D eigenvalue weighted by Gasteiger charge is -2.04. The molecule has 0 spiro atoms. The van der Waals surface area contributed by atoms with Crippen LogP contribution in [0.25, 0.3) is 0 Å². The second-order valence-corrected chi connectivity index (χ2v) is 13.4. The van der Waals surface area contributed by atoms with E-state index in [0.29, 0.717) is 19.3 Å². The van der Waals surface area contributed by atoms with Gasteiger partial charge in [0.25, 0.3) is 0 Å². The molecule has 3 unspecified atom stereocenters. The molecule has 6 nitrogen and oxygen atoms in total. The van der Waals surface area contributed by atoms with Gasteiger partial charge < -0.3 is 29.5 Å². The lowest BCUT2D eigenvalue weighted by molar-refractivity contribution is 0.143. The van der Waals surface area contributed by atoms with Crippen LogP contribution in [0.2, 0.25) is 0 Å². The van der Waals surface area contributed by atoms with Gasteiger partial charge in [-0.3, -0.25) is 0 Å². The maximum Gasteiger partial charge on any atom is 0.123 e. The van der Waals surface area contributed by atoms with Crippen molar-refractivity contribution in [3.8, 4) is 0 Å². The lowest BCUT2D eigenvalue weighted by Crippen LogP contribution is -2.04. The van der Waals surface area contributed by atoms with E-state index in [1.165, 1.54) is 109 Å². The molecule has 50 heavy (non-hydrogen) atoms. The molecule has 3 N–H and O–H groups in total. The van der Waals surface area contributed by atoms with Crippen molar-refractivity contribution in [1.29, 1.82) is 0 Å². The highest BCUT2D eigenvalue weighted by molar-refractivity contribution is 4.56. The number of halogens is 3. The molecule has 3 atom stereocenters. The van der Waals surface area contributed by atoms with E-state index in [4.69, 9.17) is 29.5 Å². The zero-order chi connectivity index (χ0) is 37.6. The van der Waals surface area contributed by atoms with Crippen LogP contribution < -0.4 is 0 Å². The van der Waals surface area contributed by atoms with Gasteiger partial charge in [-0.05, 0) is 45.4 Å². The molecule has 0 aliphatic carbocycles. The van der Waals surface area contributed by atoms with Crippen LogP contribution in [0.1, 0.15) is 180 Å². The minimum atomic E-state index is -1.01. The Morgan fingerprint density at radius 1 is 0.460 bits per heavy atom. The molecule has 0 amide bonds. The normalized spacial score (nSPS) is 12.7. The first kappa shape index (κ1) is 53.5. The SMILES string of the molecule is C=COCCCCCCCCCCC(F)CO.CCOCCCCCCCCCCC(F)CO.COCCCCCCCCCCC(F)CO. The fourth-order valence-corrected chi connectivity index (χ4v) is 5.42. The third kappa shape index (κ3) is 53.9. The second-order valence-electron chi connectivity index (χ2n) is 13.4. The van der Waals surface area contributed by atoms with Gasteiger partial charge in [-0.2, -0.15) is 0 Å². The standard InChI is InChI=1S/C14H29FO2.C14H27FO2.C13H27FO2/c2*1-2-17-12-10-8-6-4-3-5-7-9-11-14(15)13-16;1-16-11-9-7-5-3-2-4-6-8-10-13(14)12-15/h14,16H,2-13H2,1H3;2,14,16H,1,3-13H2;13,15H,2-12H2,1H3. The fourth-order valence-electron chi connectivity index (χ4n) is 5.42. The summed E-state index contributed by atoms with van der Waals surface area (Å²) in [7, 11) is 1.74. The average Bonchev–Trinajstić information content (AvgIpc) is 3.13. The van der Waals surface area contributed by atoms with Crippen LogP contribution in [0, 0.1) is 0 Å². The molecular weight excluding hydrogens is 645 g/mol. The minimum absolute atomic E-state index is 0.320. The Morgan fingerprint density at radius 2 is 0.740 bits per heavy atom. The maximum absolute atomic E-state index is 12.6. The van der Waals surface area contributed by atoms with Crippen molar-refractivity contribution in [3.05, 3.63) is 12.8 Å². The molecule has 0 fully saturated rings. The molecule has 0 radical (unpaired) electrons. The molecule has 304 valence electrons. The smallest absolute Gasteiger partial charge is 0.123 e. The van der Waals surface area contributed by atoms with Crippen molar-refractivity contribution in [2.45, 2.75) is 199 Å². The van der Waals surface area contributed by atoms with E-state index in [1.54, 1.807) is 7.11 Å². The van der Waals surface area contributed by atoms with Gasteiger partial charge in [-0.1, -0.05) is 141 Å². The van der Waals surface area contributed by atoms with Crippen LogP contribution in [0.3, 0.4) is 0 Å². The highest BCUT2D eigenvalue weighted by atomic mass is 19.1. The van der Waals surface area contributed by atoms with Crippen molar-refractivity contribution < 1.29 is 42.7 Å². The Bertz CT molecular complexity index is 591. The minimum Gasteiger partial charge on any atom is -0.502 e. The molecule has 0 aromatic heterocycles. The van der Waals surface area contributed by atoms with Crippen LogP contribution in [0.5, 0.6) is 0 Å². The first-order valence-electron chi connectivity index (χ1n) is 20.5. The van der Waals surface area contributed by atoms with E-state index in [0.717, 1.165) is 77.8 Å². The molecule has 0 aromatic rings. The summed E-state index contributed by atoms with van der Waals surface area (Å²) in [6, 6.07) is 0. The number of methoxy groups -OCH3 is 1. The van der Waals surface area contributed by atoms with Crippen molar-refractivity contribution in [3.63, 3.8) is 0 Å². The molecule has 0 bridgehead atoms. The summed E-state index contributed by atoms with van der Waals surface area (Å²) >= 11 is 0. The van der Waals surface area contributed by atoms with Crippen molar-refractivity contribution in [2.75, 3.05) is 53.4 Å². The molecule has 0 saturated carbocycles. The van der Waals surface area contributed by atoms with E-state index >= 15 is 0 Å². The van der Waals surface area contributed by atoms with E-state index in [9.17, 15) is 13.2 Å². The molecule has 0 aliphatic rings. The summed E-state index contributed by atoms with van der Waals surface area (Å²) in [6.07, 6.45) is 28.1. The average molecular weight is 729 g/mol. The quantitative estimate of drug-likeness (QED) is 0.0433. The van der Waals surface area contributed by atoms with Crippen molar-refractivity contribution in [2.24, 2.45) is 0 Å². The van der Waals surface area contributed by atoms with Gasteiger partial charge in [0.15, 0.2) is 0 Å². The number of aliphatic hydroxyl groups is 3. The Hall–Kier alpha value is -0.870. The van der Waals surface area contributed by atoms with Gasteiger partial charge >= 0.3 is 0 Å². The number of rotatable bonds is 38. The van der Waals surface area contributed by atoms with Gasteiger partial charge in [-0.25, -0.2) is 13.2 Å². The number of ether oxygens (including phenoxy) is 3. The largest absolute Gasteiger partial charge is 0.502 e. The van der Waals surface area contributed by atoms with E-state index in [-0.39, 0.29) is 19.8 Å². The Morgan fingerprint density at radius 3 is 1.02 bits per heavy atom. The van der Waals surface area contributed by atoms with Gasteiger partial charge in [0.05, 0.1) is 32.7 Å². The van der Waals surface area contributed by atoms with Crippen LogP contribution >= 0.6 is 0 Å². The van der Waals surface area contributed by atoms with Crippen LogP contribution in [0.15, 0.2) is 12.8 Å². The summed E-state index contributed by atoms with van der Waals surface area (Å²) in [6.45, 7) is 7.93. The van der Waals surface area contributed by atoms with Gasteiger partial charge in [0.1, 0.15) is 18.5 Å². The van der Waals surface area contributed by atoms with E-state index in [1.807, 2.05) is 6.92 Å². The number of aliphatic hydroxyl groups excluding tert-OH is 3. The number of unbranched alkanes of at least 4 members (excludes halogenated alkanes) is 21. The van der Waals surface area contributed by atoms with E-state index < -0.39 is 18.5 Å². The molecule has 9 heteroatoms. The Labute approximate surface area is 307 Å². The number of hydrogen-bond donors (Lipinski definition) is 3. The van der Waals surface area contributed by atoms with Crippen LogP contribution in [-0.2, 0) is 14.2 Å². The molecule has 0 aliphatic heterocycles. The summed E-state index contributed by atoms with van der Waals surface area (Å²) in [4.78, 5) is 0. The van der Waals surface area contributed by atoms with E-state index in [2.05, 4.69) is 6.58 Å². The zero-order valence-electron chi connectivity index (χ0n) is 32.8. The Kier molecular flexibility index (Phi) is 53.7. The third-order valence-corrected chi connectivity index (χ3v) is 8.62. The number of hydrogen-bond acceptors (Lipinski definition) is 6. The molecule has 0 rings (SSSR count). The topological polar surface area (TPSA) is 88.4 Å². The summed E-state index contributed by atoms with van der Waals surface area (Å²) in [5.74, 6) is 0. The summed E-state index contributed by atoms with van der Waals surface area (Å²) in [5, 5.41) is 25.5. The summed E-state index contributed by atoms with van der Waals surface area (Å²) < 4.78 is 53.2. The molecule has 0 aromatic carbocycles. The van der Waals surface area contributed by atoms with Crippen molar-refractivity contribution >= 4 is 0 Å². The van der Waals surface area contributed by atoms with Crippen LogP contribution in [-0.4, -0.2) is 87.2 Å². The maximum atomic E-state index is 12.6. The third-order valence-electron chi connectivity index (χ3n) is 8.62. The lowest BCUT2D eigenvalue weighted by atomic mass is 10.1. The first-order valence-corrected chi connectivity index (χ1v) is 20.5. The van der Waals surface area contributed by atoms with Crippen molar-refractivity contribution in [1.82, 2.24) is 0 Å². The number of alkyl halides is 3. The highest BCUT2D eigenvalue weighted by Crippen LogP contribution is 2.14. The van der Waals surface area contributed by atoms with Crippen LogP contribution in [0.4, 0.5) is 13.2 Å². The fraction of sp³-hybridized carbons (Fsp3) is 0.951. The van der Waals surface area contributed by atoms with Gasteiger partial charge in [-0.15, -0.1) is 0 Å². The monoisotopic (exact) mass is 729 g/mol. The second kappa shape index (κ2) is 50.2. The molecular formula is C41H83F3O6. The summed E-state index contributed by atoms with van der Waals surface area (Å²) in [5.41, 5.74) is 0. The predicted molar refractivity (Wildman–Crippen MR) is 205 cm³/mol.